The molecule has 0 spiro atoms. The maximum absolute atomic E-state index is 13.1. The average Bonchev–Trinajstić information content (AvgIpc) is 3.62. The molecule has 1 saturated carbocycles. The van der Waals surface area contributed by atoms with Gasteiger partial charge in [0.1, 0.15) is 0 Å². The smallest absolute Gasteiger partial charge is 0.345 e. The third-order valence-corrected chi connectivity index (χ3v) is 8.67. The van der Waals surface area contributed by atoms with Crippen molar-refractivity contribution in [3.05, 3.63) is 54.4 Å². The Labute approximate surface area is 224 Å². The van der Waals surface area contributed by atoms with Crippen LogP contribution in [0.4, 0.5) is 14.5 Å². The predicted octanol–water partition coefficient (Wildman–Crippen LogP) is 5.34. The van der Waals surface area contributed by atoms with Crippen molar-refractivity contribution in [1.82, 2.24) is 19.4 Å². The quantitative estimate of drug-likeness (QED) is 0.399. The van der Waals surface area contributed by atoms with E-state index in [1.807, 2.05) is 10.7 Å². The van der Waals surface area contributed by atoms with Crippen LogP contribution in [0.1, 0.15) is 44.6 Å². The summed E-state index contributed by atoms with van der Waals surface area (Å²) in [4.78, 5) is 7.45. The number of halogens is 2. The van der Waals surface area contributed by atoms with Gasteiger partial charge in [-0.1, -0.05) is 24.3 Å². The summed E-state index contributed by atoms with van der Waals surface area (Å²) in [6.45, 7) is 8.65. The van der Waals surface area contributed by atoms with Crippen molar-refractivity contribution >= 4 is 11.2 Å². The van der Waals surface area contributed by atoms with Gasteiger partial charge in [0.15, 0.2) is 0 Å². The highest BCUT2D eigenvalue weighted by molar-refractivity contribution is 5.80. The zero-order valence-electron chi connectivity index (χ0n) is 22.5. The van der Waals surface area contributed by atoms with Crippen molar-refractivity contribution in [3.63, 3.8) is 0 Å². The summed E-state index contributed by atoms with van der Waals surface area (Å²) in [6.07, 6.45) is 6.92. The van der Waals surface area contributed by atoms with Gasteiger partial charge in [0, 0.05) is 75.7 Å². The number of hydrogen-bond acceptors (Lipinski definition) is 5. The normalized spacial score (nSPS) is 23.7. The summed E-state index contributed by atoms with van der Waals surface area (Å²) in [5.41, 5.74) is 5.61. The fraction of sp³-hybridized carbons (Fsp3) is 0.567. The fourth-order valence-electron chi connectivity index (χ4n) is 6.22. The first kappa shape index (κ1) is 25.7. The van der Waals surface area contributed by atoms with Crippen LogP contribution in [0.3, 0.4) is 0 Å². The molecule has 1 aromatic carbocycles. The molecule has 4 heterocycles. The van der Waals surface area contributed by atoms with E-state index in [-0.39, 0.29) is 5.92 Å². The molecule has 3 aliphatic rings. The molecule has 6 rings (SSSR count). The minimum absolute atomic E-state index is 0.0749. The number of alkyl halides is 2. The van der Waals surface area contributed by atoms with Crippen LogP contribution in [-0.4, -0.2) is 84.0 Å². The third-order valence-electron chi connectivity index (χ3n) is 8.67. The topological polar surface area (TPSA) is 36.2 Å². The summed E-state index contributed by atoms with van der Waals surface area (Å²) in [5.74, 6) is 0.859. The molecule has 3 aromatic rings. The highest BCUT2D eigenvalue weighted by Gasteiger charge is 2.34. The molecule has 0 bridgehead atoms. The Morgan fingerprint density at radius 3 is 2.39 bits per heavy atom. The molecule has 2 atom stereocenters. The van der Waals surface area contributed by atoms with E-state index in [1.165, 1.54) is 25.1 Å². The molecule has 3 fully saturated rings. The van der Waals surface area contributed by atoms with E-state index >= 15 is 0 Å². The van der Waals surface area contributed by atoms with Crippen molar-refractivity contribution < 1.29 is 13.5 Å². The second-order valence-corrected chi connectivity index (χ2v) is 11.5. The Morgan fingerprint density at radius 1 is 0.947 bits per heavy atom. The minimum atomic E-state index is -2.75. The van der Waals surface area contributed by atoms with E-state index in [9.17, 15) is 8.78 Å². The number of fused-ring (bicyclic) bond motifs is 1. The lowest BCUT2D eigenvalue weighted by atomic mass is 9.86. The highest BCUT2D eigenvalue weighted by Crippen LogP contribution is 2.35. The summed E-state index contributed by atoms with van der Waals surface area (Å²) in [5, 5.41) is 4.59. The molecular weight excluding hydrogens is 484 g/mol. The number of benzene rings is 1. The van der Waals surface area contributed by atoms with Crippen LogP contribution in [0.25, 0.3) is 16.6 Å². The predicted molar refractivity (Wildman–Crippen MR) is 147 cm³/mol. The van der Waals surface area contributed by atoms with E-state index < -0.39 is 12.7 Å². The second kappa shape index (κ2) is 10.9. The highest BCUT2D eigenvalue weighted by atomic mass is 19.3. The summed E-state index contributed by atoms with van der Waals surface area (Å²) < 4.78 is 33.3. The zero-order chi connectivity index (χ0) is 26.2. The first-order valence-corrected chi connectivity index (χ1v) is 14.2. The Kier molecular flexibility index (Phi) is 7.38. The van der Waals surface area contributed by atoms with Gasteiger partial charge in [-0.05, 0) is 62.3 Å². The maximum Gasteiger partial charge on any atom is 0.345 e. The molecule has 2 aromatic heterocycles. The average molecular weight is 524 g/mol. The van der Waals surface area contributed by atoms with Crippen molar-refractivity contribution in [3.8, 4) is 11.1 Å². The molecule has 2 aliphatic heterocycles. The maximum atomic E-state index is 13.1. The number of likely N-dealkylation sites (tertiary alicyclic amines) is 1. The Morgan fingerprint density at radius 2 is 1.71 bits per heavy atom. The number of ether oxygens (including phenoxy) is 1. The van der Waals surface area contributed by atoms with Gasteiger partial charge in [-0.2, -0.15) is 13.9 Å². The monoisotopic (exact) mass is 523 g/mol. The number of piperidine rings is 1. The number of piperazine rings is 1. The largest absolute Gasteiger partial charge is 0.367 e. The lowest BCUT2D eigenvalue weighted by Gasteiger charge is -2.40. The Bertz CT molecular complexity index is 1220. The van der Waals surface area contributed by atoms with Crippen LogP contribution in [0.2, 0.25) is 0 Å². The van der Waals surface area contributed by atoms with E-state index in [0.717, 1.165) is 67.4 Å². The molecular formula is C30H39F2N5O. The molecule has 38 heavy (non-hydrogen) atoms. The lowest BCUT2D eigenvalue weighted by Crippen LogP contribution is -2.47. The number of aromatic nitrogens is 2. The third kappa shape index (κ3) is 5.58. The van der Waals surface area contributed by atoms with E-state index in [2.05, 4.69) is 76.2 Å². The number of nitrogens with zero attached hydrogens (tertiary/aromatic N) is 5. The molecule has 0 unspecified atom stereocenters. The van der Waals surface area contributed by atoms with E-state index in [1.54, 1.807) is 0 Å². The Balaban J connectivity index is 1.20. The number of rotatable bonds is 8. The van der Waals surface area contributed by atoms with Gasteiger partial charge in [0.25, 0.3) is 0 Å². The van der Waals surface area contributed by atoms with Crippen LogP contribution in [0.15, 0.2) is 48.8 Å². The summed E-state index contributed by atoms with van der Waals surface area (Å²) in [7, 11) is 0. The van der Waals surface area contributed by atoms with Crippen LogP contribution >= 0.6 is 0 Å². The standard InChI is InChI=1S/C30H39F2N5O/c1-21(2)36-12-10-29(38-30(31)32)26(20-36)24-7-5-23(6-8-24)25-17-28-27(9-11-33-37(28)19-25)35-15-13-34(14-16-35)18-22-3-4-22/h5-9,11,17,19,21-22,26,29-30H,3-4,10,12-16,18,20H2,1-2H3/t26-,29+/m0/s1. The lowest BCUT2D eigenvalue weighted by molar-refractivity contribution is -0.179. The van der Waals surface area contributed by atoms with Gasteiger partial charge in [-0.15, -0.1) is 0 Å². The van der Waals surface area contributed by atoms with Gasteiger partial charge >= 0.3 is 6.61 Å². The summed E-state index contributed by atoms with van der Waals surface area (Å²) in [6, 6.07) is 13.1. The fourth-order valence-corrected chi connectivity index (χ4v) is 6.22. The molecule has 6 nitrogen and oxygen atoms in total. The van der Waals surface area contributed by atoms with Crippen molar-refractivity contribution in [2.24, 2.45) is 5.92 Å². The van der Waals surface area contributed by atoms with Crippen molar-refractivity contribution in [2.45, 2.75) is 57.8 Å². The SMILES string of the molecule is CC(C)N1CC[C@@H](OC(F)F)[C@H](c2ccc(-c3cc4c(N5CCN(CC6CC6)CC5)ccnn4c3)cc2)C1. The first-order chi connectivity index (χ1) is 18.4. The van der Waals surface area contributed by atoms with Gasteiger partial charge in [0.05, 0.1) is 17.3 Å². The van der Waals surface area contributed by atoms with E-state index in [0.29, 0.717) is 12.5 Å². The molecule has 204 valence electrons. The molecule has 0 amide bonds. The molecule has 8 heteroatoms. The molecule has 0 radical (unpaired) electrons. The van der Waals surface area contributed by atoms with E-state index in [4.69, 9.17) is 4.74 Å². The van der Waals surface area contributed by atoms with Gasteiger partial charge in [0.2, 0.25) is 0 Å². The second-order valence-electron chi connectivity index (χ2n) is 11.5. The van der Waals surface area contributed by atoms with Gasteiger partial charge in [-0.25, -0.2) is 4.52 Å². The number of anilines is 1. The first-order valence-electron chi connectivity index (χ1n) is 14.2. The Hall–Kier alpha value is -2.55. The van der Waals surface area contributed by atoms with Crippen molar-refractivity contribution in [2.75, 3.05) is 50.7 Å². The van der Waals surface area contributed by atoms with Crippen LogP contribution in [0, 0.1) is 5.92 Å². The summed E-state index contributed by atoms with van der Waals surface area (Å²) >= 11 is 0. The molecule has 1 aliphatic carbocycles. The van der Waals surface area contributed by atoms with Crippen molar-refractivity contribution in [1.29, 1.82) is 0 Å². The van der Waals surface area contributed by atoms with Crippen LogP contribution in [0.5, 0.6) is 0 Å². The van der Waals surface area contributed by atoms with Crippen LogP contribution in [-0.2, 0) is 4.74 Å². The molecule has 0 N–H and O–H groups in total. The zero-order valence-corrected chi connectivity index (χ0v) is 22.5. The number of hydrogen-bond donors (Lipinski definition) is 0. The minimum Gasteiger partial charge on any atom is -0.367 e. The van der Waals surface area contributed by atoms with Crippen LogP contribution < -0.4 is 4.90 Å². The van der Waals surface area contributed by atoms with Gasteiger partial charge < -0.3 is 14.5 Å². The van der Waals surface area contributed by atoms with Gasteiger partial charge in [-0.3, -0.25) is 4.90 Å². The molecule has 2 saturated heterocycles.